The Labute approximate surface area is 109 Å². The lowest BCUT2D eigenvalue weighted by Gasteiger charge is -2.19. The van der Waals surface area contributed by atoms with E-state index < -0.39 is 17.8 Å². The lowest BCUT2D eigenvalue weighted by atomic mass is 9.98. The first-order valence-electron chi connectivity index (χ1n) is 4.69. The number of hydrogen-bond donors (Lipinski definition) is 2. The summed E-state index contributed by atoms with van der Waals surface area (Å²) in [6, 6.07) is 2.82. The topological polar surface area (TPSA) is 52.0 Å². The normalized spacial score (nSPS) is 13.1. The molecular weight excluding hydrogens is 276 g/mol. The zero-order valence-corrected chi connectivity index (χ0v) is 10.4. The van der Waals surface area contributed by atoms with Crippen LogP contribution in [0.1, 0.15) is 23.6 Å². The molecule has 0 saturated carbocycles. The second-order valence-corrected chi connectivity index (χ2v) is 3.79. The van der Waals surface area contributed by atoms with E-state index in [4.69, 9.17) is 23.1 Å². The van der Waals surface area contributed by atoms with Crippen LogP contribution in [0.3, 0.4) is 0 Å². The summed E-state index contributed by atoms with van der Waals surface area (Å²) in [5.41, 5.74) is 10.0. The van der Waals surface area contributed by atoms with Crippen molar-refractivity contribution in [3.8, 4) is 0 Å². The molecule has 1 aromatic rings. The predicted molar refractivity (Wildman–Crippen MR) is 64.3 cm³/mol. The Hall–Kier alpha value is -0.490. The van der Waals surface area contributed by atoms with E-state index in [2.05, 4.69) is 0 Å². The molecule has 1 atom stereocenters. The van der Waals surface area contributed by atoms with E-state index >= 15 is 0 Å². The maximum atomic E-state index is 12.7. The van der Waals surface area contributed by atoms with Crippen molar-refractivity contribution >= 4 is 24.0 Å². The molecule has 1 aromatic carbocycles. The first-order chi connectivity index (χ1) is 7.38. The first kappa shape index (κ1) is 16.5. The lowest BCUT2D eigenvalue weighted by molar-refractivity contribution is -0.138. The van der Waals surface area contributed by atoms with Gasteiger partial charge in [0.25, 0.3) is 0 Å². The van der Waals surface area contributed by atoms with Gasteiger partial charge in [-0.3, -0.25) is 0 Å². The molecule has 0 spiro atoms. The van der Waals surface area contributed by atoms with Gasteiger partial charge in [0.1, 0.15) is 0 Å². The number of rotatable bonds is 3. The number of alkyl halides is 3. The zero-order chi connectivity index (χ0) is 12.3. The second-order valence-electron chi connectivity index (χ2n) is 3.38. The van der Waals surface area contributed by atoms with Crippen LogP contribution >= 0.6 is 24.0 Å². The minimum atomic E-state index is -4.45. The molecule has 1 rings (SSSR count). The van der Waals surface area contributed by atoms with Gasteiger partial charge < -0.3 is 11.5 Å². The van der Waals surface area contributed by atoms with E-state index in [-0.39, 0.29) is 36.0 Å². The van der Waals surface area contributed by atoms with Crippen molar-refractivity contribution < 1.29 is 13.2 Å². The summed E-state index contributed by atoms with van der Waals surface area (Å²) in [5.74, 6) is 0. The summed E-state index contributed by atoms with van der Waals surface area (Å²) in [7, 11) is 0. The maximum absolute atomic E-state index is 12.7. The van der Waals surface area contributed by atoms with Gasteiger partial charge in [-0.05, 0) is 30.7 Å². The van der Waals surface area contributed by atoms with Crippen LogP contribution in [0.15, 0.2) is 18.2 Å². The predicted octanol–water partition coefficient (Wildman–Crippen LogP) is 3.13. The van der Waals surface area contributed by atoms with Crippen molar-refractivity contribution in [2.45, 2.75) is 18.6 Å². The van der Waals surface area contributed by atoms with Gasteiger partial charge >= 0.3 is 6.18 Å². The average molecular weight is 289 g/mol. The Morgan fingerprint density at radius 2 is 1.88 bits per heavy atom. The van der Waals surface area contributed by atoms with Gasteiger partial charge in [0.05, 0.1) is 5.56 Å². The molecular formula is C10H13Cl2F3N2. The van der Waals surface area contributed by atoms with E-state index in [1.165, 1.54) is 12.1 Å². The number of nitrogens with two attached hydrogens (primary N) is 2. The van der Waals surface area contributed by atoms with Crippen LogP contribution < -0.4 is 11.5 Å². The minimum absolute atomic E-state index is 0. The van der Waals surface area contributed by atoms with Crippen molar-refractivity contribution in [2.24, 2.45) is 11.5 Å². The van der Waals surface area contributed by atoms with Crippen LogP contribution in [0.4, 0.5) is 13.2 Å². The molecule has 0 amide bonds. The van der Waals surface area contributed by atoms with Crippen LogP contribution in [0, 0.1) is 0 Å². The SMILES string of the molecule is Cl.NCC[C@@H](N)c1c(Cl)cccc1C(F)(F)F. The van der Waals surface area contributed by atoms with E-state index in [9.17, 15) is 13.2 Å². The van der Waals surface area contributed by atoms with Gasteiger partial charge in [0, 0.05) is 11.1 Å². The third kappa shape index (κ3) is 4.03. The zero-order valence-electron chi connectivity index (χ0n) is 8.80. The van der Waals surface area contributed by atoms with Crippen LogP contribution in [0.2, 0.25) is 5.02 Å². The van der Waals surface area contributed by atoms with E-state index in [1.807, 2.05) is 0 Å². The third-order valence-corrected chi connectivity index (χ3v) is 2.54. The summed E-state index contributed by atoms with van der Waals surface area (Å²) in [6.07, 6.45) is -4.20. The molecule has 0 unspecified atom stereocenters. The van der Waals surface area contributed by atoms with Crippen molar-refractivity contribution in [1.29, 1.82) is 0 Å². The van der Waals surface area contributed by atoms with Gasteiger partial charge in [-0.1, -0.05) is 17.7 Å². The molecule has 0 aromatic heterocycles. The molecule has 2 nitrogen and oxygen atoms in total. The van der Waals surface area contributed by atoms with Crippen molar-refractivity contribution in [2.75, 3.05) is 6.54 Å². The average Bonchev–Trinajstić information content (AvgIpc) is 2.16. The Balaban J connectivity index is 0.00000256. The Morgan fingerprint density at radius 3 is 2.35 bits per heavy atom. The molecule has 0 saturated heterocycles. The van der Waals surface area contributed by atoms with Crippen LogP contribution in [-0.4, -0.2) is 6.54 Å². The Bertz CT molecular complexity index is 369. The van der Waals surface area contributed by atoms with E-state index in [0.29, 0.717) is 0 Å². The standard InChI is InChI=1S/C10H12ClF3N2.ClH/c11-7-3-1-2-6(10(12,13)14)9(7)8(16)4-5-15;/h1-3,8H,4-5,15-16H2;1H/t8-;/m1./s1. The summed E-state index contributed by atoms with van der Waals surface area (Å²) in [5, 5.41) is 0.0239. The van der Waals surface area contributed by atoms with E-state index in [0.717, 1.165) is 6.07 Å². The number of benzene rings is 1. The number of hydrogen-bond acceptors (Lipinski definition) is 2. The quantitative estimate of drug-likeness (QED) is 0.898. The van der Waals surface area contributed by atoms with Gasteiger partial charge in [-0.2, -0.15) is 13.2 Å². The van der Waals surface area contributed by atoms with Gasteiger partial charge in [0.15, 0.2) is 0 Å². The molecule has 0 bridgehead atoms. The van der Waals surface area contributed by atoms with Crippen molar-refractivity contribution in [1.82, 2.24) is 0 Å². The van der Waals surface area contributed by atoms with Crippen molar-refractivity contribution in [3.63, 3.8) is 0 Å². The largest absolute Gasteiger partial charge is 0.416 e. The molecule has 0 aliphatic heterocycles. The molecule has 0 aliphatic carbocycles. The van der Waals surface area contributed by atoms with Gasteiger partial charge in [-0.15, -0.1) is 12.4 Å². The highest BCUT2D eigenvalue weighted by Gasteiger charge is 2.35. The summed E-state index contributed by atoms with van der Waals surface area (Å²) >= 11 is 5.75. The molecule has 98 valence electrons. The third-order valence-electron chi connectivity index (χ3n) is 2.21. The van der Waals surface area contributed by atoms with Crippen molar-refractivity contribution in [3.05, 3.63) is 34.3 Å². The molecule has 4 N–H and O–H groups in total. The fourth-order valence-corrected chi connectivity index (χ4v) is 1.80. The highest BCUT2D eigenvalue weighted by molar-refractivity contribution is 6.31. The molecule has 0 fully saturated rings. The molecule has 0 heterocycles. The van der Waals surface area contributed by atoms with Crippen LogP contribution in [0.25, 0.3) is 0 Å². The summed E-state index contributed by atoms with van der Waals surface area (Å²) in [4.78, 5) is 0. The smallest absolute Gasteiger partial charge is 0.330 e. The van der Waals surface area contributed by atoms with Gasteiger partial charge in [0.2, 0.25) is 0 Å². The highest BCUT2D eigenvalue weighted by atomic mass is 35.5. The number of halogens is 5. The molecule has 0 radical (unpaired) electrons. The Kier molecular flexibility index (Phi) is 6.26. The maximum Gasteiger partial charge on any atom is 0.416 e. The van der Waals surface area contributed by atoms with Crippen LogP contribution in [-0.2, 0) is 6.18 Å². The highest BCUT2D eigenvalue weighted by Crippen LogP contribution is 2.37. The fourth-order valence-electron chi connectivity index (χ4n) is 1.48. The Morgan fingerprint density at radius 1 is 1.29 bits per heavy atom. The molecule has 17 heavy (non-hydrogen) atoms. The lowest BCUT2D eigenvalue weighted by Crippen LogP contribution is -2.20. The van der Waals surface area contributed by atoms with Crippen LogP contribution in [0.5, 0.6) is 0 Å². The second kappa shape index (κ2) is 6.44. The van der Waals surface area contributed by atoms with Gasteiger partial charge in [-0.25, -0.2) is 0 Å². The monoisotopic (exact) mass is 288 g/mol. The van der Waals surface area contributed by atoms with E-state index in [1.54, 1.807) is 0 Å². The summed E-state index contributed by atoms with van der Waals surface area (Å²) in [6.45, 7) is 0.212. The first-order valence-corrected chi connectivity index (χ1v) is 5.07. The fraction of sp³-hybridized carbons (Fsp3) is 0.400. The minimum Gasteiger partial charge on any atom is -0.330 e. The summed E-state index contributed by atoms with van der Waals surface area (Å²) < 4.78 is 38.1. The molecule has 0 aliphatic rings. The molecule has 7 heteroatoms.